The molecule has 0 unspecified atom stereocenters. The Morgan fingerprint density at radius 3 is 2.64 bits per heavy atom. The fourth-order valence-electron chi connectivity index (χ4n) is 0.746. The molecule has 0 aliphatic heterocycles. The van der Waals surface area contributed by atoms with Gasteiger partial charge in [0.25, 0.3) is 0 Å². The van der Waals surface area contributed by atoms with Crippen LogP contribution in [0.5, 0.6) is 0 Å². The van der Waals surface area contributed by atoms with E-state index in [4.69, 9.17) is 16.7 Å². The summed E-state index contributed by atoms with van der Waals surface area (Å²) >= 11 is 7.34. The third-order valence-electron chi connectivity index (χ3n) is 1.63. The Morgan fingerprint density at radius 2 is 2.27 bits per heavy atom. The maximum Gasteiger partial charge on any atom is 0.0530 e. The fraction of sp³-hybridized carbons (Fsp3) is 0.500. The largest absolute Gasteiger partial charge is 0.395 e. The molecule has 0 fully saturated rings. The molecule has 0 aliphatic carbocycles. The van der Waals surface area contributed by atoms with Crippen molar-refractivity contribution >= 4 is 22.9 Å². The summed E-state index contributed by atoms with van der Waals surface area (Å²) in [4.78, 5) is 1.13. The minimum atomic E-state index is -0.155. The van der Waals surface area contributed by atoms with Gasteiger partial charge in [0.15, 0.2) is 0 Å². The monoisotopic (exact) mass is 190 g/mol. The Balaban J connectivity index is 2.92. The quantitative estimate of drug-likeness (QED) is 0.761. The Morgan fingerprint density at radius 1 is 1.64 bits per heavy atom. The minimum absolute atomic E-state index is 0.155. The first-order chi connectivity index (χ1) is 5.06. The smallest absolute Gasteiger partial charge is 0.0530 e. The molecule has 3 heteroatoms. The lowest BCUT2D eigenvalue weighted by atomic mass is 9.93. The average Bonchev–Trinajstić information content (AvgIpc) is 2.36. The van der Waals surface area contributed by atoms with Crippen LogP contribution >= 0.6 is 22.9 Å². The number of thiophene rings is 1. The van der Waals surface area contributed by atoms with Crippen LogP contribution < -0.4 is 0 Å². The first-order valence-corrected chi connectivity index (χ1v) is 4.67. The fourth-order valence-corrected chi connectivity index (χ4v) is 1.94. The van der Waals surface area contributed by atoms with E-state index >= 15 is 0 Å². The Hall–Kier alpha value is -0.0500. The molecule has 0 saturated heterocycles. The predicted octanol–water partition coefficient (Wildman–Crippen LogP) is 2.67. The SMILES string of the molecule is CC(C)(CO)c1cc(Cl)cs1. The van der Waals surface area contributed by atoms with Crippen molar-refractivity contribution < 1.29 is 5.11 Å². The van der Waals surface area contributed by atoms with Gasteiger partial charge in [0.1, 0.15) is 0 Å². The second-order valence-electron chi connectivity index (χ2n) is 3.17. The molecule has 1 nitrogen and oxygen atoms in total. The van der Waals surface area contributed by atoms with E-state index in [9.17, 15) is 0 Å². The molecule has 11 heavy (non-hydrogen) atoms. The van der Waals surface area contributed by atoms with Gasteiger partial charge in [-0.1, -0.05) is 25.4 Å². The normalized spacial score (nSPS) is 12.0. The lowest BCUT2D eigenvalue weighted by Gasteiger charge is -2.18. The molecule has 0 atom stereocenters. The lowest BCUT2D eigenvalue weighted by molar-refractivity contribution is 0.221. The number of hydrogen-bond acceptors (Lipinski definition) is 2. The van der Waals surface area contributed by atoms with Gasteiger partial charge in [0.2, 0.25) is 0 Å². The zero-order valence-corrected chi connectivity index (χ0v) is 8.17. The minimum Gasteiger partial charge on any atom is -0.395 e. The zero-order chi connectivity index (χ0) is 8.48. The molecule has 62 valence electrons. The summed E-state index contributed by atoms with van der Waals surface area (Å²) in [5, 5.41) is 11.7. The van der Waals surface area contributed by atoms with Gasteiger partial charge in [-0.25, -0.2) is 0 Å². The van der Waals surface area contributed by atoms with E-state index in [1.54, 1.807) is 11.3 Å². The van der Waals surface area contributed by atoms with Gasteiger partial charge in [0, 0.05) is 15.7 Å². The number of halogens is 1. The van der Waals surface area contributed by atoms with Crippen LogP contribution in [-0.2, 0) is 5.41 Å². The first-order valence-electron chi connectivity index (χ1n) is 3.41. The highest BCUT2D eigenvalue weighted by molar-refractivity contribution is 7.10. The van der Waals surface area contributed by atoms with E-state index in [0.717, 1.165) is 9.90 Å². The van der Waals surface area contributed by atoms with Gasteiger partial charge in [-0.15, -0.1) is 11.3 Å². The Bertz CT molecular complexity index is 242. The van der Waals surface area contributed by atoms with Crippen LogP contribution in [0.2, 0.25) is 5.02 Å². The van der Waals surface area contributed by atoms with E-state index in [0.29, 0.717) is 0 Å². The van der Waals surface area contributed by atoms with Crippen molar-refractivity contribution in [3.05, 3.63) is 21.3 Å². The second-order valence-corrected chi connectivity index (χ2v) is 4.52. The molecule has 0 amide bonds. The highest BCUT2D eigenvalue weighted by Crippen LogP contribution is 2.30. The Labute approximate surface area is 75.6 Å². The van der Waals surface area contributed by atoms with E-state index in [1.807, 2.05) is 25.3 Å². The summed E-state index contributed by atoms with van der Waals surface area (Å²) in [7, 11) is 0. The van der Waals surface area contributed by atoms with Crippen LogP contribution in [0.15, 0.2) is 11.4 Å². The summed E-state index contributed by atoms with van der Waals surface area (Å²) < 4.78 is 0. The van der Waals surface area contributed by atoms with Crippen molar-refractivity contribution in [1.82, 2.24) is 0 Å². The molecule has 0 bridgehead atoms. The highest BCUT2D eigenvalue weighted by Gasteiger charge is 2.20. The van der Waals surface area contributed by atoms with Crippen molar-refractivity contribution in [1.29, 1.82) is 0 Å². The predicted molar refractivity (Wildman–Crippen MR) is 49.4 cm³/mol. The number of rotatable bonds is 2. The summed E-state index contributed by atoms with van der Waals surface area (Å²) in [6, 6.07) is 1.91. The molecule has 0 radical (unpaired) electrons. The van der Waals surface area contributed by atoms with Crippen molar-refractivity contribution in [3.63, 3.8) is 0 Å². The standard InChI is InChI=1S/C8H11ClOS/c1-8(2,5-10)7-3-6(9)4-11-7/h3-4,10H,5H2,1-2H3. The van der Waals surface area contributed by atoms with Crippen molar-refractivity contribution in [2.45, 2.75) is 19.3 Å². The molecular weight excluding hydrogens is 180 g/mol. The molecule has 1 rings (SSSR count). The van der Waals surface area contributed by atoms with Gasteiger partial charge in [-0.2, -0.15) is 0 Å². The maximum atomic E-state index is 9.02. The maximum absolute atomic E-state index is 9.02. The summed E-state index contributed by atoms with van der Waals surface area (Å²) in [5.74, 6) is 0. The van der Waals surface area contributed by atoms with Gasteiger partial charge >= 0.3 is 0 Å². The number of aliphatic hydroxyl groups excluding tert-OH is 1. The van der Waals surface area contributed by atoms with Crippen LogP contribution in [0.3, 0.4) is 0 Å². The number of hydrogen-bond donors (Lipinski definition) is 1. The van der Waals surface area contributed by atoms with Crippen LogP contribution in [0, 0.1) is 0 Å². The van der Waals surface area contributed by atoms with Crippen molar-refractivity contribution in [2.24, 2.45) is 0 Å². The second kappa shape index (κ2) is 3.13. The molecule has 1 heterocycles. The van der Waals surface area contributed by atoms with Crippen LogP contribution in [0.1, 0.15) is 18.7 Å². The van der Waals surface area contributed by atoms with Crippen molar-refractivity contribution in [2.75, 3.05) is 6.61 Å². The zero-order valence-electron chi connectivity index (χ0n) is 6.60. The molecule has 0 aliphatic rings. The van der Waals surface area contributed by atoms with E-state index in [-0.39, 0.29) is 12.0 Å². The van der Waals surface area contributed by atoms with E-state index in [2.05, 4.69) is 0 Å². The summed E-state index contributed by atoms with van der Waals surface area (Å²) in [6.45, 7) is 4.15. The third-order valence-corrected chi connectivity index (χ3v) is 3.27. The first kappa shape index (κ1) is 9.04. The van der Waals surface area contributed by atoms with Gasteiger partial charge in [-0.05, 0) is 6.07 Å². The molecule has 1 aromatic rings. The van der Waals surface area contributed by atoms with Gasteiger partial charge in [0.05, 0.1) is 11.6 Å². The molecule has 1 aromatic heterocycles. The van der Waals surface area contributed by atoms with Crippen molar-refractivity contribution in [3.8, 4) is 0 Å². The highest BCUT2D eigenvalue weighted by atomic mass is 35.5. The topological polar surface area (TPSA) is 20.2 Å². The molecule has 1 N–H and O–H groups in total. The van der Waals surface area contributed by atoms with Gasteiger partial charge < -0.3 is 5.11 Å². The molecule has 0 aromatic carbocycles. The molecule has 0 spiro atoms. The summed E-state index contributed by atoms with van der Waals surface area (Å²) in [6.07, 6.45) is 0. The number of aliphatic hydroxyl groups is 1. The van der Waals surface area contributed by atoms with Crippen LogP contribution in [0.4, 0.5) is 0 Å². The molecule has 0 saturated carbocycles. The molecular formula is C8H11ClOS. The average molecular weight is 191 g/mol. The van der Waals surface area contributed by atoms with Gasteiger partial charge in [-0.3, -0.25) is 0 Å². The van der Waals surface area contributed by atoms with Crippen LogP contribution in [0.25, 0.3) is 0 Å². The van der Waals surface area contributed by atoms with E-state index in [1.165, 1.54) is 0 Å². The third kappa shape index (κ3) is 1.95. The lowest BCUT2D eigenvalue weighted by Crippen LogP contribution is -2.20. The van der Waals surface area contributed by atoms with Crippen LogP contribution in [-0.4, -0.2) is 11.7 Å². The van der Waals surface area contributed by atoms with E-state index < -0.39 is 0 Å². The Kier molecular flexibility index (Phi) is 2.58. The summed E-state index contributed by atoms with van der Waals surface area (Å²) in [5.41, 5.74) is -0.155.